The first-order chi connectivity index (χ1) is 9.14. The third kappa shape index (κ3) is 1.08. The van der Waals surface area contributed by atoms with Crippen LogP contribution in [-0.2, 0) is 21.4 Å². The number of benzene rings is 1. The van der Waals surface area contributed by atoms with Gasteiger partial charge in [0, 0.05) is 5.56 Å². The number of carbonyl (C=O) groups is 3. The molecule has 3 aliphatic rings. The number of hydrogen-bond donors (Lipinski definition) is 2. The van der Waals surface area contributed by atoms with Crippen LogP contribution in [0, 0.1) is 0 Å². The van der Waals surface area contributed by atoms with Crippen LogP contribution in [0.3, 0.4) is 0 Å². The molecule has 5 heteroatoms. The van der Waals surface area contributed by atoms with Crippen LogP contribution >= 0.6 is 0 Å². The fraction of sp³-hybridized carbons (Fsp3) is 0.357. The lowest BCUT2D eigenvalue weighted by atomic mass is 9.63. The lowest BCUT2D eigenvalue weighted by molar-refractivity contribution is -0.126. The fourth-order valence-corrected chi connectivity index (χ4v) is 3.77. The van der Waals surface area contributed by atoms with Gasteiger partial charge in [0.2, 0.25) is 5.91 Å². The van der Waals surface area contributed by atoms with E-state index >= 15 is 0 Å². The van der Waals surface area contributed by atoms with Gasteiger partial charge < -0.3 is 5.32 Å². The van der Waals surface area contributed by atoms with Gasteiger partial charge in [0.15, 0.2) is 0 Å². The smallest absolute Gasteiger partial charge is 0.252 e. The minimum atomic E-state index is -0.880. The third-order valence-corrected chi connectivity index (χ3v) is 4.53. The number of amides is 3. The maximum atomic E-state index is 12.3. The molecule has 4 rings (SSSR count). The Hall–Kier alpha value is -2.17. The number of aryl methyl sites for hydroxylation is 1. The fourth-order valence-electron chi connectivity index (χ4n) is 3.77. The molecule has 2 unspecified atom stereocenters. The minimum Gasteiger partial charge on any atom is -0.339 e. The molecule has 5 nitrogen and oxygen atoms in total. The molecule has 3 amide bonds. The Bertz CT molecular complexity index is 652. The molecule has 96 valence electrons. The highest BCUT2D eigenvalue weighted by atomic mass is 16.2. The van der Waals surface area contributed by atoms with E-state index in [4.69, 9.17) is 0 Å². The number of nitrogens with one attached hydrogen (secondary N) is 2. The molecule has 0 saturated carbocycles. The van der Waals surface area contributed by atoms with Crippen LogP contribution in [0.1, 0.15) is 34.3 Å². The van der Waals surface area contributed by atoms with E-state index in [0.717, 1.165) is 24.0 Å². The number of rotatable bonds is 0. The summed E-state index contributed by atoms with van der Waals surface area (Å²) in [7, 11) is 0. The van der Waals surface area contributed by atoms with E-state index in [0.29, 0.717) is 12.0 Å². The normalized spacial score (nSPS) is 31.4. The Kier molecular flexibility index (Phi) is 1.82. The van der Waals surface area contributed by atoms with Crippen molar-refractivity contribution in [3.8, 4) is 0 Å². The maximum Gasteiger partial charge on any atom is 0.252 e. The van der Waals surface area contributed by atoms with Gasteiger partial charge in [-0.1, -0.05) is 12.1 Å². The summed E-state index contributed by atoms with van der Waals surface area (Å²) >= 11 is 0. The zero-order valence-corrected chi connectivity index (χ0v) is 10.2. The summed E-state index contributed by atoms with van der Waals surface area (Å²) in [5.41, 5.74) is 1.46. The predicted octanol–water partition coefficient (Wildman–Crippen LogP) is 0.0291. The molecule has 2 aliphatic heterocycles. The predicted molar refractivity (Wildman–Crippen MR) is 65.5 cm³/mol. The Labute approximate surface area is 109 Å². The van der Waals surface area contributed by atoms with Gasteiger partial charge in [-0.15, -0.1) is 0 Å². The Balaban J connectivity index is 2.09. The highest BCUT2D eigenvalue weighted by Gasteiger charge is 2.61. The van der Waals surface area contributed by atoms with E-state index in [2.05, 4.69) is 10.6 Å². The van der Waals surface area contributed by atoms with Gasteiger partial charge in [-0.25, -0.2) is 0 Å². The van der Waals surface area contributed by atoms with Crippen LogP contribution in [-0.4, -0.2) is 23.8 Å². The van der Waals surface area contributed by atoms with Crippen molar-refractivity contribution in [3.05, 3.63) is 34.9 Å². The molecule has 1 saturated heterocycles. The summed E-state index contributed by atoms with van der Waals surface area (Å²) in [5.74, 6) is -0.916. The van der Waals surface area contributed by atoms with E-state index in [9.17, 15) is 14.4 Å². The van der Waals surface area contributed by atoms with Crippen LogP contribution in [0.5, 0.6) is 0 Å². The molecule has 1 aromatic rings. The Morgan fingerprint density at radius 3 is 2.89 bits per heavy atom. The minimum absolute atomic E-state index is 0.260. The molecule has 1 aromatic carbocycles. The van der Waals surface area contributed by atoms with Crippen molar-refractivity contribution < 1.29 is 14.4 Å². The molecular formula is C14H12N2O3. The quantitative estimate of drug-likeness (QED) is 0.643. The van der Waals surface area contributed by atoms with Gasteiger partial charge in [0.05, 0.1) is 0 Å². The van der Waals surface area contributed by atoms with Crippen molar-refractivity contribution in [2.24, 2.45) is 0 Å². The van der Waals surface area contributed by atoms with Crippen molar-refractivity contribution in [1.29, 1.82) is 0 Å². The molecule has 1 fully saturated rings. The summed E-state index contributed by atoms with van der Waals surface area (Å²) in [5, 5.41) is 5.08. The monoisotopic (exact) mass is 256 g/mol. The van der Waals surface area contributed by atoms with E-state index in [-0.39, 0.29) is 17.7 Å². The van der Waals surface area contributed by atoms with E-state index in [1.807, 2.05) is 12.1 Å². The van der Waals surface area contributed by atoms with Crippen molar-refractivity contribution in [1.82, 2.24) is 10.6 Å². The molecule has 0 radical (unpaired) electrons. The summed E-state index contributed by atoms with van der Waals surface area (Å²) in [6, 6.07) is 4.77. The first kappa shape index (κ1) is 10.7. The molecule has 19 heavy (non-hydrogen) atoms. The molecule has 0 bridgehead atoms. The average Bonchev–Trinajstić information content (AvgIpc) is 2.64. The molecule has 1 aliphatic carbocycles. The first-order valence-corrected chi connectivity index (χ1v) is 6.43. The molecule has 0 aromatic heterocycles. The lowest BCUT2D eigenvalue weighted by Crippen LogP contribution is -2.58. The van der Waals surface area contributed by atoms with Gasteiger partial charge in [0.25, 0.3) is 11.8 Å². The van der Waals surface area contributed by atoms with Gasteiger partial charge in [0.1, 0.15) is 11.5 Å². The van der Waals surface area contributed by atoms with Gasteiger partial charge in [-0.3, -0.25) is 19.7 Å². The summed E-state index contributed by atoms with van der Waals surface area (Å²) in [6.07, 6.45) is 2.31. The number of carbonyl (C=O) groups excluding carboxylic acids is 3. The molecule has 2 atom stereocenters. The van der Waals surface area contributed by atoms with Gasteiger partial charge >= 0.3 is 0 Å². The summed E-state index contributed by atoms with van der Waals surface area (Å²) in [4.78, 5) is 36.4. The first-order valence-electron chi connectivity index (χ1n) is 6.43. The topological polar surface area (TPSA) is 75.3 Å². The number of hydrogen-bond acceptors (Lipinski definition) is 3. The van der Waals surface area contributed by atoms with Crippen molar-refractivity contribution >= 4 is 17.7 Å². The second-order valence-electron chi connectivity index (χ2n) is 5.39. The lowest BCUT2D eigenvalue weighted by Gasteiger charge is -2.41. The summed E-state index contributed by atoms with van der Waals surface area (Å²) in [6.45, 7) is 0. The molecule has 1 spiro atoms. The van der Waals surface area contributed by atoms with Crippen molar-refractivity contribution in [2.45, 2.75) is 30.7 Å². The highest BCUT2D eigenvalue weighted by molar-refractivity contribution is 6.17. The van der Waals surface area contributed by atoms with Gasteiger partial charge in [-0.2, -0.15) is 0 Å². The highest BCUT2D eigenvalue weighted by Crippen LogP contribution is 2.46. The molecular weight excluding hydrogens is 244 g/mol. The van der Waals surface area contributed by atoms with Crippen molar-refractivity contribution in [2.75, 3.05) is 0 Å². The zero-order chi connectivity index (χ0) is 13.2. The summed E-state index contributed by atoms with van der Waals surface area (Å²) < 4.78 is 0. The van der Waals surface area contributed by atoms with E-state index < -0.39 is 11.5 Å². The van der Waals surface area contributed by atoms with Crippen molar-refractivity contribution in [3.63, 3.8) is 0 Å². The van der Waals surface area contributed by atoms with Crippen LogP contribution in [0.2, 0.25) is 0 Å². The van der Waals surface area contributed by atoms with Crippen LogP contribution in [0.25, 0.3) is 0 Å². The average molecular weight is 256 g/mol. The Morgan fingerprint density at radius 1 is 1.21 bits per heavy atom. The molecule has 2 N–H and O–H groups in total. The standard InChI is InChI=1S/C14H12N2O3/c17-11-8-5-1-3-7-4-2-6-14(9(7)8)10(15-11)12(18)16-13(14)19/h1,3,5,10H,2,4,6H2,(H,15,17)(H,16,18,19). The molecule has 2 heterocycles. The second-order valence-corrected chi connectivity index (χ2v) is 5.39. The third-order valence-electron chi connectivity index (χ3n) is 4.53. The largest absolute Gasteiger partial charge is 0.339 e. The maximum absolute atomic E-state index is 12.3. The zero-order valence-electron chi connectivity index (χ0n) is 10.2. The van der Waals surface area contributed by atoms with E-state index in [1.54, 1.807) is 6.07 Å². The van der Waals surface area contributed by atoms with E-state index in [1.165, 1.54) is 0 Å². The van der Waals surface area contributed by atoms with Crippen LogP contribution in [0.4, 0.5) is 0 Å². The van der Waals surface area contributed by atoms with Gasteiger partial charge in [-0.05, 0) is 36.5 Å². The SMILES string of the molecule is O=C1NC2C(=O)NC(=O)C23CCCc2cccc1c23. The Morgan fingerprint density at radius 2 is 2.05 bits per heavy atom. The van der Waals surface area contributed by atoms with Crippen LogP contribution < -0.4 is 10.6 Å². The van der Waals surface area contributed by atoms with Crippen LogP contribution in [0.15, 0.2) is 18.2 Å². The second kappa shape index (κ2) is 3.23. The number of imide groups is 1.